The summed E-state index contributed by atoms with van der Waals surface area (Å²) in [5.74, 6) is -0.0348. The van der Waals surface area contributed by atoms with Crippen LogP contribution in [0.1, 0.15) is 18.4 Å². The first-order chi connectivity index (χ1) is 8.83. The molecule has 0 aliphatic carbocycles. The van der Waals surface area contributed by atoms with Crippen molar-refractivity contribution in [2.24, 2.45) is 10.9 Å². The minimum Gasteiger partial charge on any atom is -0.493 e. The first-order valence-corrected chi connectivity index (χ1v) is 5.68. The predicted octanol–water partition coefficient (Wildman–Crippen LogP) is 3.16. The largest absolute Gasteiger partial charge is 0.493 e. The van der Waals surface area contributed by atoms with Gasteiger partial charge in [-0.3, -0.25) is 0 Å². The summed E-state index contributed by atoms with van der Waals surface area (Å²) in [7, 11) is 0. The van der Waals surface area contributed by atoms with E-state index in [1.807, 2.05) is 0 Å². The van der Waals surface area contributed by atoms with Crippen molar-refractivity contribution in [3.63, 3.8) is 0 Å². The third kappa shape index (κ3) is 5.25. The molecule has 1 rings (SSSR count). The number of halogens is 4. The Morgan fingerprint density at radius 2 is 2.11 bits per heavy atom. The first-order valence-electron chi connectivity index (χ1n) is 5.30. The van der Waals surface area contributed by atoms with Gasteiger partial charge in [-0.1, -0.05) is 16.8 Å². The van der Waals surface area contributed by atoms with Gasteiger partial charge in [-0.25, -0.2) is 0 Å². The number of hydrogen-bond donors (Lipinski definition) is 2. The highest BCUT2D eigenvalue weighted by atomic mass is 35.5. The number of nitrogens with zero attached hydrogens (tertiary/aromatic N) is 1. The van der Waals surface area contributed by atoms with Crippen molar-refractivity contribution in [3.8, 4) is 5.75 Å². The minimum atomic E-state index is -4.22. The molecule has 1 aromatic carbocycles. The second-order valence-corrected chi connectivity index (χ2v) is 4.13. The number of oxime groups is 1. The quantitative estimate of drug-likeness (QED) is 0.288. The molecule has 0 amide bonds. The zero-order valence-corrected chi connectivity index (χ0v) is 10.5. The standard InChI is InChI=1S/C11H12ClF3N2O2/c12-7-2-3-8(10(16)17-18)9(6-7)19-5-1-4-11(13,14)15/h2-3,6,18H,1,4-5H2,(H2,16,17). The maximum atomic E-state index is 12.0. The number of hydrogen-bond acceptors (Lipinski definition) is 3. The van der Waals surface area contributed by atoms with Crippen molar-refractivity contribution in [2.45, 2.75) is 19.0 Å². The molecule has 0 unspecified atom stereocenters. The van der Waals surface area contributed by atoms with Crippen LogP contribution in [-0.2, 0) is 0 Å². The summed E-state index contributed by atoms with van der Waals surface area (Å²) in [5, 5.41) is 11.7. The van der Waals surface area contributed by atoms with Gasteiger partial charge in [0.2, 0.25) is 0 Å². The van der Waals surface area contributed by atoms with Crippen molar-refractivity contribution < 1.29 is 23.1 Å². The molecule has 1 aromatic rings. The molecule has 0 aliphatic rings. The lowest BCUT2D eigenvalue weighted by Crippen LogP contribution is -2.15. The van der Waals surface area contributed by atoms with Gasteiger partial charge in [0.25, 0.3) is 0 Å². The Morgan fingerprint density at radius 1 is 1.42 bits per heavy atom. The minimum absolute atomic E-state index is 0.147. The fourth-order valence-corrected chi connectivity index (χ4v) is 1.50. The van der Waals surface area contributed by atoms with E-state index in [9.17, 15) is 13.2 Å². The van der Waals surface area contributed by atoms with E-state index in [1.54, 1.807) is 0 Å². The Morgan fingerprint density at radius 3 is 2.68 bits per heavy atom. The van der Waals surface area contributed by atoms with Gasteiger partial charge in [0.1, 0.15) is 5.75 Å². The number of alkyl halides is 3. The summed E-state index contributed by atoms with van der Waals surface area (Å²) in [6.45, 7) is -0.147. The van der Waals surface area contributed by atoms with E-state index < -0.39 is 12.6 Å². The SMILES string of the molecule is N/C(=N/O)c1ccc(Cl)cc1OCCCC(F)(F)F. The Kier molecular flexibility index (Phi) is 5.29. The van der Waals surface area contributed by atoms with Crippen molar-refractivity contribution in [3.05, 3.63) is 28.8 Å². The van der Waals surface area contributed by atoms with Crippen molar-refractivity contribution >= 4 is 17.4 Å². The summed E-state index contributed by atoms with van der Waals surface area (Å²) >= 11 is 5.75. The van der Waals surface area contributed by atoms with Crippen LogP contribution in [-0.4, -0.2) is 23.8 Å². The molecule has 0 fully saturated rings. The molecule has 0 saturated carbocycles. The summed E-state index contributed by atoms with van der Waals surface area (Å²) < 4.78 is 41.1. The maximum absolute atomic E-state index is 12.0. The lowest BCUT2D eigenvalue weighted by atomic mass is 10.2. The van der Waals surface area contributed by atoms with Crippen LogP contribution in [0.25, 0.3) is 0 Å². The van der Waals surface area contributed by atoms with E-state index in [2.05, 4.69) is 5.16 Å². The predicted molar refractivity (Wildman–Crippen MR) is 64.7 cm³/mol. The molecule has 4 nitrogen and oxygen atoms in total. The number of rotatable bonds is 5. The van der Waals surface area contributed by atoms with Crippen LogP contribution in [0.5, 0.6) is 5.75 Å². The van der Waals surface area contributed by atoms with Crippen LogP contribution in [0, 0.1) is 0 Å². The molecule has 0 spiro atoms. The molecule has 0 radical (unpaired) electrons. The molecular weight excluding hydrogens is 285 g/mol. The molecule has 19 heavy (non-hydrogen) atoms. The van der Waals surface area contributed by atoms with Crippen molar-refractivity contribution in [1.82, 2.24) is 0 Å². The van der Waals surface area contributed by atoms with E-state index >= 15 is 0 Å². The fraction of sp³-hybridized carbons (Fsp3) is 0.364. The number of benzene rings is 1. The third-order valence-electron chi connectivity index (χ3n) is 2.19. The second-order valence-electron chi connectivity index (χ2n) is 3.69. The van der Waals surface area contributed by atoms with Crippen LogP contribution < -0.4 is 10.5 Å². The van der Waals surface area contributed by atoms with Crippen LogP contribution in [0.4, 0.5) is 13.2 Å². The van der Waals surface area contributed by atoms with E-state index in [0.29, 0.717) is 5.02 Å². The normalized spacial score (nSPS) is 12.5. The van der Waals surface area contributed by atoms with Crippen LogP contribution in [0.2, 0.25) is 5.02 Å². The van der Waals surface area contributed by atoms with Gasteiger partial charge < -0.3 is 15.7 Å². The van der Waals surface area contributed by atoms with E-state index in [4.69, 9.17) is 27.3 Å². The zero-order valence-electron chi connectivity index (χ0n) is 9.75. The van der Waals surface area contributed by atoms with Crippen LogP contribution >= 0.6 is 11.6 Å². The average Bonchev–Trinajstić information content (AvgIpc) is 2.33. The molecule has 0 bridgehead atoms. The lowest BCUT2D eigenvalue weighted by Gasteiger charge is -2.11. The lowest BCUT2D eigenvalue weighted by molar-refractivity contribution is -0.136. The van der Waals surface area contributed by atoms with E-state index in [-0.39, 0.29) is 30.2 Å². The highest BCUT2D eigenvalue weighted by Gasteiger charge is 2.26. The van der Waals surface area contributed by atoms with Gasteiger partial charge in [-0.2, -0.15) is 13.2 Å². The first kappa shape index (κ1) is 15.4. The van der Waals surface area contributed by atoms with Crippen molar-refractivity contribution in [2.75, 3.05) is 6.61 Å². The number of ether oxygens (including phenoxy) is 1. The second kappa shape index (κ2) is 6.51. The van der Waals surface area contributed by atoms with E-state index in [1.165, 1.54) is 18.2 Å². The van der Waals surface area contributed by atoms with Gasteiger partial charge >= 0.3 is 6.18 Å². The van der Waals surface area contributed by atoms with Crippen molar-refractivity contribution in [1.29, 1.82) is 0 Å². The fourth-order valence-electron chi connectivity index (χ4n) is 1.34. The van der Waals surface area contributed by atoms with Crippen LogP contribution in [0.15, 0.2) is 23.4 Å². The maximum Gasteiger partial charge on any atom is 0.389 e. The summed E-state index contributed by atoms with van der Waals surface area (Å²) in [6, 6.07) is 4.34. The molecule has 0 atom stereocenters. The molecule has 0 aliphatic heterocycles. The molecule has 0 saturated heterocycles. The molecule has 3 N–H and O–H groups in total. The smallest absolute Gasteiger partial charge is 0.389 e. The van der Waals surface area contributed by atoms with Gasteiger partial charge in [0.15, 0.2) is 5.84 Å². The molecular formula is C11H12ClF3N2O2. The Balaban J connectivity index is 2.69. The molecule has 0 heterocycles. The summed E-state index contributed by atoms with van der Waals surface area (Å²) in [5.41, 5.74) is 5.68. The average molecular weight is 297 g/mol. The molecule has 106 valence electrons. The topological polar surface area (TPSA) is 67.8 Å². The van der Waals surface area contributed by atoms with Gasteiger partial charge in [0, 0.05) is 11.4 Å². The third-order valence-corrected chi connectivity index (χ3v) is 2.42. The van der Waals surface area contributed by atoms with Crippen LogP contribution in [0.3, 0.4) is 0 Å². The monoisotopic (exact) mass is 296 g/mol. The summed E-state index contributed by atoms with van der Waals surface area (Å²) in [4.78, 5) is 0. The Labute approximate surface area is 112 Å². The number of nitrogens with two attached hydrogens (primary N) is 1. The molecule has 8 heteroatoms. The summed E-state index contributed by atoms with van der Waals surface area (Å²) in [6.07, 6.45) is -5.34. The number of amidine groups is 1. The highest BCUT2D eigenvalue weighted by molar-refractivity contribution is 6.30. The van der Waals surface area contributed by atoms with Gasteiger partial charge in [-0.05, 0) is 24.6 Å². The molecule has 0 aromatic heterocycles. The van der Waals surface area contributed by atoms with E-state index in [0.717, 1.165) is 0 Å². The highest BCUT2D eigenvalue weighted by Crippen LogP contribution is 2.25. The zero-order chi connectivity index (χ0) is 14.5. The Hall–Kier alpha value is -1.63. The van der Waals surface area contributed by atoms with Gasteiger partial charge in [-0.15, -0.1) is 0 Å². The Bertz CT molecular complexity index is 464. The van der Waals surface area contributed by atoms with Gasteiger partial charge in [0.05, 0.1) is 12.2 Å².